The Labute approximate surface area is 123 Å². The lowest BCUT2D eigenvalue weighted by atomic mass is 9.85. The first-order valence-electron chi connectivity index (χ1n) is 7.10. The number of aliphatic imine (C=N–C) groups is 1. The number of halogens is 2. The van der Waals surface area contributed by atoms with E-state index in [1.807, 2.05) is 0 Å². The van der Waals surface area contributed by atoms with Gasteiger partial charge in [-0.05, 0) is 31.7 Å². The number of nitrogens with zero attached hydrogens (tertiary/aromatic N) is 1. The predicted molar refractivity (Wildman–Crippen MR) is 77.8 cm³/mol. The van der Waals surface area contributed by atoms with Gasteiger partial charge in [-0.3, -0.25) is 4.99 Å². The maximum Gasteiger partial charge on any atom is 0.188 e. The average Bonchev–Trinajstić information content (AvgIpc) is 2.34. The number of benzene rings is 1. The van der Waals surface area contributed by atoms with Crippen molar-refractivity contribution >= 4 is 5.96 Å². The highest BCUT2D eigenvalue weighted by Gasteiger charge is 2.26. The van der Waals surface area contributed by atoms with Gasteiger partial charge in [0.15, 0.2) is 5.96 Å². The molecule has 1 fully saturated rings. The number of hydrogen-bond acceptors (Lipinski definition) is 2. The van der Waals surface area contributed by atoms with Gasteiger partial charge >= 0.3 is 0 Å². The summed E-state index contributed by atoms with van der Waals surface area (Å²) in [5.41, 5.74) is 4.18. The summed E-state index contributed by atoms with van der Waals surface area (Å²) < 4.78 is 26.6. The molecule has 0 bridgehead atoms. The Morgan fingerprint density at radius 3 is 2.76 bits per heavy atom. The Balaban J connectivity index is 1.95. The molecule has 0 amide bonds. The summed E-state index contributed by atoms with van der Waals surface area (Å²) in [6.45, 7) is 2.09. The molecule has 1 aromatic rings. The van der Waals surface area contributed by atoms with Crippen molar-refractivity contribution in [1.82, 2.24) is 5.32 Å². The molecule has 0 radical (unpaired) electrons. The van der Waals surface area contributed by atoms with Crippen LogP contribution in [0.3, 0.4) is 0 Å². The molecule has 0 heterocycles. The quantitative estimate of drug-likeness (QED) is 0.574. The van der Waals surface area contributed by atoms with Gasteiger partial charge in [-0.2, -0.15) is 0 Å². The molecule has 0 aliphatic heterocycles. The van der Waals surface area contributed by atoms with E-state index in [1.54, 1.807) is 0 Å². The molecule has 21 heavy (non-hydrogen) atoms. The van der Waals surface area contributed by atoms with Crippen molar-refractivity contribution in [3.63, 3.8) is 0 Å². The Kier molecular flexibility index (Phi) is 4.77. The van der Waals surface area contributed by atoms with E-state index < -0.39 is 17.2 Å². The molecule has 1 saturated carbocycles. The number of rotatable bonds is 5. The van der Waals surface area contributed by atoms with Crippen LogP contribution in [0, 0.1) is 17.6 Å². The molecular formula is C15H21F2N3O. The summed E-state index contributed by atoms with van der Waals surface area (Å²) >= 11 is 0. The largest absolute Gasteiger partial charge is 0.383 e. The second kappa shape index (κ2) is 6.39. The van der Waals surface area contributed by atoms with Gasteiger partial charge in [0.25, 0.3) is 0 Å². The Morgan fingerprint density at radius 2 is 2.19 bits per heavy atom. The van der Waals surface area contributed by atoms with Gasteiger partial charge in [-0.25, -0.2) is 8.78 Å². The summed E-state index contributed by atoms with van der Waals surface area (Å²) in [5, 5.41) is 13.3. The van der Waals surface area contributed by atoms with Crippen molar-refractivity contribution in [3.05, 3.63) is 35.4 Å². The lowest BCUT2D eigenvalue weighted by molar-refractivity contribution is 0.0633. The molecule has 0 aromatic heterocycles. The summed E-state index contributed by atoms with van der Waals surface area (Å²) in [5.74, 6) is -0.619. The topological polar surface area (TPSA) is 70.6 Å². The molecule has 0 saturated heterocycles. The molecule has 4 nitrogen and oxygen atoms in total. The van der Waals surface area contributed by atoms with E-state index in [9.17, 15) is 13.9 Å². The van der Waals surface area contributed by atoms with Crippen LogP contribution in [0.2, 0.25) is 0 Å². The lowest BCUT2D eigenvalue weighted by Crippen LogP contribution is -2.38. The zero-order valence-electron chi connectivity index (χ0n) is 12.1. The fraction of sp³-hybridized carbons (Fsp3) is 0.533. The molecule has 1 aromatic carbocycles. The molecule has 6 heteroatoms. The lowest BCUT2D eigenvalue weighted by Gasteiger charge is -2.26. The summed E-state index contributed by atoms with van der Waals surface area (Å²) in [6.07, 6.45) is 3.64. The van der Waals surface area contributed by atoms with Crippen molar-refractivity contribution in [2.45, 2.75) is 31.8 Å². The Bertz CT molecular complexity index is 528. The van der Waals surface area contributed by atoms with Crippen LogP contribution in [0.25, 0.3) is 0 Å². The molecule has 1 unspecified atom stereocenters. The minimum atomic E-state index is -1.54. The van der Waals surface area contributed by atoms with Crippen molar-refractivity contribution in [2.75, 3.05) is 13.1 Å². The van der Waals surface area contributed by atoms with E-state index >= 15 is 0 Å². The average molecular weight is 297 g/mol. The predicted octanol–water partition coefficient (Wildman–Crippen LogP) is 1.88. The van der Waals surface area contributed by atoms with Gasteiger partial charge in [-0.15, -0.1) is 0 Å². The molecule has 0 spiro atoms. The zero-order valence-corrected chi connectivity index (χ0v) is 12.1. The van der Waals surface area contributed by atoms with Crippen molar-refractivity contribution < 1.29 is 13.9 Å². The maximum atomic E-state index is 13.7. The van der Waals surface area contributed by atoms with E-state index in [0.717, 1.165) is 18.7 Å². The first kappa shape index (κ1) is 15.7. The van der Waals surface area contributed by atoms with Gasteiger partial charge in [0.05, 0.1) is 6.54 Å². The smallest absolute Gasteiger partial charge is 0.188 e. The van der Waals surface area contributed by atoms with Crippen LogP contribution in [0.15, 0.2) is 23.2 Å². The number of hydrogen-bond donors (Lipinski definition) is 3. The van der Waals surface area contributed by atoms with Crippen LogP contribution in [0.1, 0.15) is 31.7 Å². The fourth-order valence-electron chi connectivity index (χ4n) is 2.25. The molecule has 116 valence electrons. The van der Waals surface area contributed by atoms with Crippen molar-refractivity contribution in [1.29, 1.82) is 0 Å². The minimum absolute atomic E-state index is 0.000516. The summed E-state index contributed by atoms with van der Waals surface area (Å²) in [4.78, 5) is 4.04. The van der Waals surface area contributed by atoms with Crippen LogP contribution in [-0.4, -0.2) is 24.2 Å². The van der Waals surface area contributed by atoms with E-state index in [4.69, 9.17) is 5.73 Å². The maximum absolute atomic E-state index is 13.7. The minimum Gasteiger partial charge on any atom is -0.383 e. The first-order chi connectivity index (χ1) is 9.88. The van der Waals surface area contributed by atoms with Crippen LogP contribution in [0.5, 0.6) is 0 Å². The van der Waals surface area contributed by atoms with E-state index in [-0.39, 0.29) is 18.1 Å². The van der Waals surface area contributed by atoms with E-state index in [0.29, 0.717) is 5.92 Å². The first-order valence-corrected chi connectivity index (χ1v) is 7.10. The van der Waals surface area contributed by atoms with E-state index in [2.05, 4.69) is 10.3 Å². The fourth-order valence-corrected chi connectivity index (χ4v) is 2.25. The molecular weight excluding hydrogens is 276 g/mol. The number of nitrogens with one attached hydrogen (secondary N) is 1. The van der Waals surface area contributed by atoms with Crippen LogP contribution in [0.4, 0.5) is 8.78 Å². The molecule has 1 atom stereocenters. The number of guanidine groups is 1. The third-order valence-electron chi connectivity index (χ3n) is 3.87. The number of nitrogens with two attached hydrogens (primary N) is 1. The molecule has 2 rings (SSSR count). The van der Waals surface area contributed by atoms with Crippen LogP contribution >= 0.6 is 0 Å². The molecule has 1 aliphatic rings. The van der Waals surface area contributed by atoms with Crippen molar-refractivity contribution in [2.24, 2.45) is 16.6 Å². The zero-order chi connectivity index (χ0) is 15.5. The normalized spacial score (nSPS) is 19.0. The highest BCUT2D eigenvalue weighted by molar-refractivity contribution is 5.77. The standard InChI is InChI=1S/C15H21F2N3O/c1-15(21,12-6-5-11(16)7-13(12)17)9-20-14(18)19-8-10-3-2-4-10/h5-7,10,21H,2-4,8-9H2,1H3,(H3,18,19,20). The Hall–Kier alpha value is -1.69. The highest BCUT2D eigenvalue weighted by Crippen LogP contribution is 2.25. The SMILES string of the molecule is CC(O)(CN=C(N)NCC1CCC1)c1ccc(F)cc1F. The van der Waals surface area contributed by atoms with Crippen molar-refractivity contribution in [3.8, 4) is 0 Å². The van der Waals surface area contributed by atoms with Crippen LogP contribution < -0.4 is 11.1 Å². The third kappa shape index (κ3) is 4.14. The van der Waals surface area contributed by atoms with Gasteiger partial charge in [-0.1, -0.05) is 12.5 Å². The summed E-state index contributed by atoms with van der Waals surface area (Å²) in [6, 6.07) is 3.07. The second-order valence-corrected chi connectivity index (χ2v) is 5.78. The summed E-state index contributed by atoms with van der Waals surface area (Å²) in [7, 11) is 0. The molecule has 4 N–H and O–H groups in total. The monoisotopic (exact) mass is 297 g/mol. The Morgan fingerprint density at radius 1 is 1.48 bits per heavy atom. The molecule has 1 aliphatic carbocycles. The van der Waals surface area contributed by atoms with Gasteiger partial charge < -0.3 is 16.2 Å². The van der Waals surface area contributed by atoms with Gasteiger partial charge in [0.2, 0.25) is 0 Å². The number of aliphatic hydroxyl groups is 1. The van der Waals surface area contributed by atoms with Gasteiger partial charge in [0, 0.05) is 18.2 Å². The van der Waals surface area contributed by atoms with Crippen LogP contribution in [-0.2, 0) is 5.60 Å². The third-order valence-corrected chi connectivity index (χ3v) is 3.87. The highest BCUT2D eigenvalue weighted by atomic mass is 19.1. The second-order valence-electron chi connectivity index (χ2n) is 5.78. The van der Waals surface area contributed by atoms with E-state index in [1.165, 1.54) is 32.3 Å². The van der Waals surface area contributed by atoms with Gasteiger partial charge in [0.1, 0.15) is 17.2 Å².